The molecule has 8 nitrogen and oxygen atoms in total. The number of pyridine rings is 1. The molecule has 120 valence electrons. The second kappa shape index (κ2) is 5.65. The molecule has 0 saturated carbocycles. The van der Waals surface area contributed by atoms with Crippen LogP contribution in [0.5, 0.6) is 5.75 Å². The number of hydrogen-bond donors (Lipinski definition) is 1. The van der Waals surface area contributed by atoms with E-state index in [-0.39, 0.29) is 5.82 Å². The quantitative estimate of drug-likeness (QED) is 0.615. The van der Waals surface area contributed by atoms with Gasteiger partial charge in [-0.1, -0.05) is 0 Å². The van der Waals surface area contributed by atoms with Gasteiger partial charge in [0.05, 0.1) is 18.3 Å². The molecule has 24 heavy (non-hydrogen) atoms. The van der Waals surface area contributed by atoms with Gasteiger partial charge in [0.2, 0.25) is 0 Å². The maximum Gasteiger partial charge on any atom is 0.199 e. The summed E-state index contributed by atoms with van der Waals surface area (Å²) in [4.78, 5) is 8.69. The number of nitrogen functional groups attached to an aromatic ring is 1. The predicted octanol–water partition coefficient (Wildman–Crippen LogP) is 2.45. The number of hydrogen-bond acceptors (Lipinski definition) is 7. The van der Waals surface area contributed by atoms with Crippen LogP contribution in [0.4, 0.5) is 5.82 Å². The lowest BCUT2D eigenvalue weighted by Crippen LogP contribution is -2.00. The smallest absolute Gasteiger partial charge is 0.199 e. The lowest BCUT2D eigenvalue weighted by Gasteiger charge is -2.09. The van der Waals surface area contributed by atoms with Crippen LogP contribution in [0.3, 0.4) is 0 Å². The van der Waals surface area contributed by atoms with Crippen molar-refractivity contribution >= 4 is 16.9 Å². The molecular formula is C16H14N6O2. The summed E-state index contributed by atoms with van der Waals surface area (Å²) in [6.07, 6.45) is 3.40. The van der Waals surface area contributed by atoms with Gasteiger partial charge < -0.3 is 10.5 Å². The third-order valence-electron chi connectivity index (χ3n) is 3.59. The average Bonchev–Trinajstić information content (AvgIpc) is 3.19. The lowest BCUT2D eigenvalue weighted by molar-refractivity contribution is 0.310. The van der Waals surface area contributed by atoms with Crippen LogP contribution >= 0.6 is 0 Å². The van der Waals surface area contributed by atoms with Crippen LogP contribution in [0.1, 0.15) is 6.92 Å². The molecule has 4 aromatic rings. The van der Waals surface area contributed by atoms with E-state index in [1.807, 2.05) is 41.8 Å². The number of ether oxygens (including phenoxy) is 1. The molecule has 0 aliphatic carbocycles. The van der Waals surface area contributed by atoms with Crippen molar-refractivity contribution in [2.24, 2.45) is 0 Å². The number of imidazole rings is 1. The number of nitrogens with zero attached hydrogens (tertiary/aromatic N) is 5. The van der Waals surface area contributed by atoms with Crippen molar-refractivity contribution < 1.29 is 9.37 Å². The SMILES string of the molecule is CCOc1ccc(-n2c(-c3nonc3N)nc3cnccc32)cc1. The van der Waals surface area contributed by atoms with Gasteiger partial charge in [-0.3, -0.25) is 9.55 Å². The van der Waals surface area contributed by atoms with E-state index >= 15 is 0 Å². The molecule has 0 fully saturated rings. The number of nitrogens with two attached hydrogens (primary N) is 1. The van der Waals surface area contributed by atoms with E-state index in [4.69, 9.17) is 15.1 Å². The van der Waals surface area contributed by atoms with Crippen LogP contribution in [0.15, 0.2) is 47.4 Å². The van der Waals surface area contributed by atoms with E-state index in [1.54, 1.807) is 12.4 Å². The van der Waals surface area contributed by atoms with Gasteiger partial charge in [-0.05, 0) is 47.6 Å². The Morgan fingerprint density at radius 1 is 1.17 bits per heavy atom. The summed E-state index contributed by atoms with van der Waals surface area (Å²) < 4.78 is 12.2. The fourth-order valence-electron chi connectivity index (χ4n) is 2.56. The zero-order valence-corrected chi connectivity index (χ0v) is 12.9. The summed E-state index contributed by atoms with van der Waals surface area (Å²) in [5.41, 5.74) is 8.74. The highest BCUT2D eigenvalue weighted by molar-refractivity contribution is 5.83. The number of aromatic nitrogens is 5. The fourth-order valence-corrected chi connectivity index (χ4v) is 2.56. The van der Waals surface area contributed by atoms with E-state index in [2.05, 4.69) is 20.3 Å². The van der Waals surface area contributed by atoms with Crippen LogP contribution in [0, 0.1) is 0 Å². The van der Waals surface area contributed by atoms with E-state index in [1.165, 1.54) is 0 Å². The Labute approximate surface area is 136 Å². The molecule has 0 aliphatic heterocycles. The Morgan fingerprint density at radius 3 is 2.71 bits per heavy atom. The van der Waals surface area contributed by atoms with Crippen molar-refractivity contribution in [3.63, 3.8) is 0 Å². The molecule has 0 aliphatic rings. The Balaban J connectivity index is 1.94. The zero-order valence-electron chi connectivity index (χ0n) is 12.9. The zero-order chi connectivity index (χ0) is 16.5. The van der Waals surface area contributed by atoms with Crippen molar-refractivity contribution in [3.8, 4) is 23.0 Å². The molecule has 3 heterocycles. The monoisotopic (exact) mass is 322 g/mol. The van der Waals surface area contributed by atoms with Gasteiger partial charge in [0, 0.05) is 11.9 Å². The van der Waals surface area contributed by atoms with Gasteiger partial charge in [0.1, 0.15) is 11.3 Å². The summed E-state index contributed by atoms with van der Waals surface area (Å²) in [5.74, 6) is 1.53. The van der Waals surface area contributed by atoms with Crippen molar-refractivity contribution in [1.29, 1.82) is 0 Å². The molecule has 2 N–H and O–H groups in total. The normalized spacial score (nSPS) is 11.0. The minimum Gasteiger partial charge on any atom is -0.494 e. The first kappa shape index (κ1) is 14.2. The average molecular weight is 322 g/mol. The molecule has 8 heteroatoms. The summed E-state index contributed by atoms with van der Waals surface area (Å²) in [6.45, 7) is 2.56. The molecule has 1 aromatic carbocycles. The Kier molecular flexibility index (Phi) is 3.34. The molecule has 0 spiro atoms. The molecule has 0 amide bonds. The van der Waals surface area contributed by atoms with Gasteiger partial charge in [-0.25, -0.2) is 9.61 Å². The van der Waals surface area contributed by atoms with E-state index in [0.717, 1.165) is 22.5 Å². The van der Waals surface area contributed by atoms with Crippen molar-refractivity contribution in [2.75, 3.05) is 12.3 Å². The Bertz CT molecular complexity index is 989. The number of benzene rings is 1. The maximum absolute atomic E-state index is 5.85. The van der Waals surface area contributed by atoms with Crippen LogP contribution in [0.2, 0.25) is 0 Å². The van der Waals surface area contributed by atoms with E-state index in [9.17, 15) is 0 Å². The highest BCUT2D eigenvalue weighted by Crippen LogP contribution is 2.30. The Morgan fingerprint density at radius 2 is 2.00 bits per heavy atom. The second-order valence-electron chi connectivity index (χ2n) is 5.06. The lowest BCUT2D eigenvalue weighted by atomic mass is 10.2. The standard InChI is InChI=1S/C16H14N6O2/c1-2-23-11-5-3-10(4-6-11)22-13-7-8-18-9-12(13)19-16(22)14-15(17)21-24-20-14/h3-9H,2H2,1H3,(H2,17,21). The minimum atomic E-state index is 0.186. The summed E-state index contributed by atoms with van der Waals surface area (Å²) in [7, 11) is 0. The van der Waals surface area contributed by atoms with Crippen LogP contribution in [-0.4, -0.2) is 31.5 Å². The van der Waals surface area contributed by atoms with Crippen molar-refractivity contribution in [3.05, 3.63) is 42.7 Å². The highest BCUT2D eigenvalue weighted by Gasteiger charge is 2.20. The van der Waals surface area contributed by atoms with Crippen molar-refractivity contribution in [1.82, 2.24) is 24.8 Å². The number of rotatable bonds is 4. The van der Waals surface area contributed by atoms with Gasteiger partial charge in [0.15, 0.2) is 17.3 Å². The first-order valence-corrected chi connectivity index (χ1v) is 7.42. The topological polar surface area (TPSA) is 105 Å². The Hall–Kier alpha value is -3.42. The largest absolute Gasteiger partial charge is 0.494 e. The number of anilines is 1. The van der Waals surface area contributed by atoms with Crippen LogP contribution in [-0.2, 0) is 0 Å². The maximum atomic E-state index is 5.85. The third-order valence-corrected chi connectivity index (χ3v) is 3.59. The molecule has 0 radical (unpaired) electrons. The summed E-state index contributed by atoms with van der Waals surface area (Å²) in [5, 5.41) is 7.51. The molecule has 0 unspecified atom stereocenters. The van der Waals surface area contributed by atoms with Crippen LogP contribution in [0.25, 0.3) is 28.2 Å². The van der Waals surface area contributed by atoms with Gasteiger partial charge in [-0.15, -0.1) is 0 Å². The van der Waals surface area contributed by atoms with Gasteiger partial charge in [0.25, 0.3) is 0 Å². The molecule has 3 aromatic heterocycles. The predicted molar refractivity (Wildman–Crippen MR) is 87.7 cm³/mol. The van der Waals surface area contributed by atoms with Crippen molar-refractivity contribution in [2.45, 2.75) is 6.92 Å². The highest BCUT2D eigenvalue weighted by atomic mass is 16.6. The first-order chi connectivity index (χ1) is 11.8. The van der Waals surface area contributed by atoms with E-state index < -0.39 is 0 Å². The third kappa shape index (κ3) is 2.24. The number of fused-ring (bicyclic) bond motifs is 1. The minimum absolute atomic E-state index is 0.186. The molecular weight excluding hydrogens is 308 g/mol. The fraction of sp³-hybridized carbons (Fsp3) is 0.125. The molecule has 0 saturated heterocycles. The van der Waals surface area contributed by atoms with E-state index in [0.29, 0.717) is 18.1 Å². The molecule has 4 rings (SSSR count). The summed E-state index contributed by atoms with van der Waals surface area (Å²) >= 11 is 0. The van der Waals surface area contributed by atoms with Gasteiger partial charge in [-0.2, -0.15) is 0 Å². The second-order valence-corrected chi connectivity index (χ2v) is 5.06. The van der Waals surface area contributed by atoms with Crippen LogP contribution < -0.4 is 10.5 Å². The first-order valence-electron chi connectivity index (χ1n) is 7.42. The molecule has 0 atom stereocenters. The van der Waals surface area contributed by atoms with Gasteiger partial charge >= 0.3 is 0 Å². The molecule has 0 bridgehead atoms. The summed E-state index contributed by atoms with van der Waals surface area (Å²) in [6, 6.07) is 9.57.